The van der Waals surface area contributed by atoms with Gasteiger partial charge in [-0.3, -0.25) is 14.2 Å². The number of nitrogens with one attached hydrogen (secondary N) is 2. The standard InChI is InChI=1S/C26H19ClN4O2S/c27-18-11-13-20(14-12-18)31-25(33)24-23(21(15-28-24)17-7-3-1-4-8-17)30-26(31)34-16-22(32)29-19-9-5-2-6-10-19/h1-15,28H,16H2,(H,29,32). The highest BCUT2D eigenvalue weighted by Gasteiger charge is 2.19. The van der Waals surface area contributed by atoms with Gasteiger partial charge < -0.3 is 10.3 Å². The molecule has 0 aliphatic carbocycles. The third-order valence-electron chi connectivity index (χ3n) is 5.23. The van der Waals surface area contributed by atoms with Crippen molar-refractivity contribution >= 4 is 46.0 Å². The summed E-state index contributed by atoms with van der Waals surface area (Å²) in [6.07, 6.45) is 1.79. The van der Waals surface area contributed by atoms with Gasteiger partial charge in [0.25, 0.3) is 5.56 Å². The molecule has 3 aromatic carbocycles. The van der Waals surface area contributed by atoms with E-state index in [2.05, 4.69) is 10.3 Å². The number of thioether (sulfide) groups is 1. The number of hydrogen-bond acceptors (Lipinski definition) is 4. The molecule has 0 saturated carbocycles. The van der Waals surface area contributed by atoms with Gasteiger partial charge in [0.05, 0.1) is 11.4 Å². The number of halogens is 1. The molecule has 2 aromatic heterocycles. The van der Waals surface area contributed by atoms with Crippen LogP contribution in [0, 0.1) is 0 Å². The van der Waals surface area contributed by atoms with Crippen molar-refractivity contribution in [2.24, 2.45) is 0 Å². The molecule has 0 unspecified atom stereocenters. The lowest BCUT2D eigenvalue weighted by atomic mass is 10.1. The summed E-state index contributed by atoms with van der Waals surface area (Å²) >= 11 is 7.26. The van der Waals surface area contributed by atoms with Crippen molar-refractivity contribution in [2.75, 3.05) is 11.1 Å². The number of carbonyl (C=O) groups is 1. The average Bonchev–Trinajstić information content (AvgIpc) is 3.29. The van der Waals surface area contributed by atoms with Crippen molar-refractivity contribution in [1.29, 1.82) is 0 Å². The topological polar surface area (TPSA) is 79.8 Å². The smallest absolute Gasteiger partial charge is 0.283 e. The number of fused-ring (bicyclic) bond motifs is 1. The van der Waals surface area contributed by atoms with Crippen LogP contribution in [-0.2, 0) is 4.79 Å². The summed E-state index contributed by atoms with van der Waals surface area (Å²) < 4.78 is 1.50. The molecule has 1 amide bonds. The van der Waals surface area contributed by atoms with E-state index >= 15 is 0 Å². The van der Waals surface area contributed by atoms with E-state index in [0.29, 0.717) is 32.6 Å². The number of H-pyrrole nitrogens is 1. The first-order chi connectivity index (χ1) is 16.6. The van der Waals surface area contributed by atoms with Crippen LogP contribution < -0.4 is 10.9 Å². The number of anilines is 1. The maximum Gasteiger partial charge on any atom is 0.283 e. The van der Waals surface area contributed by atoms with E-state index in [-0.39, 0.29) is 17.2 Å². The summed E-state index contributed by atoms with van der Waals surface area (Å²) in [6, 6.07) is 25.9. The van der Waals surface area contributed by atoms with Crippen LogP contribution >= 0.6 is 23.4 Å². The highest BCUT2D eigenvalue weighted by atomic mass is 35.5. The normalized spacial score (nSPS) is 11.0. The maximum atomic E-state index is 13.6. The summed E-state index contributed by atoms with van der Waals surface area (Å²) in [6.45, 7) is 0. The van der Waals surface area contributed by atoms with Gasteiger partial charge in [0.15, 0.2) is 5.16 Å². The van der Waals surface area contributed by atoms with Crippen LogP contribution in [0.3, 0.4) is 0 Å². The largest absolute Gasteiger partial charge is 0.355 e. The molecule has 0 atom stereocenters. The third kappa shape index (κ3) is 4.48. The first-order valence-corrected chi connectivity index (χ1v) is 11.9. The lowest BCUT2D eigenvalue weighted by Crippen LogP contribution is -2.23. The monoisotopic (exact) mass is 486 g/mol. The predicted octanol–water partition coefficient (Wildman–Crippen LogP) is 5.77. The fraction of sp³-hybridized carbons (Fsp3) is 0.0385. The number of aromatic nitrogens is 3. The highest BCUT2D eigenvalue weighted by molar-refractivity contribution is 7.99. The van der Waals surface area contributed by atoms with Crippen molar-refractivity contribution in [2.45, 2.75) is 5.16 Å². The molecular weight excluding hydrogens is 468 g/mol. The van der Waals surface area contributed by atoms with Crippen LogP contribution in [0.2, 0.25) is 5.02 Å². The van der Waals surface area contributed by atoms with Gasteiger partial charge in [-0.1, -0.05) is 71.9 Å². The van der Waals surface area contributed by atoms with Gasteiger partial charge in [-0.25, -0.2) is 4.98 Å². The summed E-state index contributed by atoms with van der Waals surface area (Å²) in [5, 5.41) is 3.84. The van der Waals surface area contributed by atoms with Crippen LogP contribution in [0.25, 0.3) is 27.8 Å². The van der Waals surface area contributed by atoms with E-state index < -0.39 is 0 Å². The Morgan fingerprint density at radius 2 is 1.65 bits per heavy atom. The fourth-order valence-electron chi connectivity index (χ4n) is 3.64. The van der Waals surface area contributed by atoms with Crippen molar-refractivity contribution < 1.29 is 4.79 Å². The lowest BCUT2D eigenvalue weighted by molar-refractivity contribution is -0.113. The first-order valence-electron chi connectivity index (χ1n) is 10.5. The van der Waals surface area contributed by atoms with Crippen LogP contribution in [0.5, 0.6) is 0 Å². The van der Waals surface area contributed by atoms with E-state index in [9.17, 15) is 9.59 Å². The minimum absolute atomic E-state index is 0.0888. The molecule has 2 heterocycles. The maximum absolute atomic E-state index is 13.6. The van der Waals surface area contributed by atoms with Crippen LogP contribution in [0.1, 0.15) is 0 Å². The Hall–Kier alpha value is -3.81. The highest BCUT2D eigenvalue weighted by Crippen LogP contribution is 2.29. The first kappa shape index (κ1) is 22.0. The van der Waals surface area contributed by atoms with Gasteiger partial charge >= 0.3 is 0 Å². The van der Waals surface area contributed by atoms with Gasteiger partial charge in [-0.05, 0) is 42.0 Å². The molecule has 0 saturated heterocycles. The molecular formula is C26H19ClN4O2S. The van der Waals surface area contributed by atoms with Gasteiger partial charge in [0, 0.05) is 22.5 Å². The number of hydrogen-bond donors (Lipinski definition) is 2. The van der Waals surface area contributed by atoms with Crippen molar-refractivity contribution in [1.82, 2.24) is 14.5 Å². The molecule has 0 aliphatic heterocycles. The van der Waals surface area contributed by atoms with Crippen molar-refractivity contribution in [3.05, 3.63) is 107 Å². The second-order valence-electron chi connectivity index (χ2n) is 7.51. The zero-order valence-electron chi connectivity index (χ0n) is 17.9. The zero-order valence-corrected chi connectivity index (χ0v) is 19.4. The summed E-state index contributed by atoms with van der Waals surface area (Å²) in [5.74, 6) is -0.100. The van der Waals surface area contributed by atoms with E-state index in [1.807, 2.05) is 60.7 Å². The van der Waals surface area contributed by atoms with Gasteiger partial charge in [-0.2, -0.15) is 0 Å². The Morgan fingerprint density at radius 1 is 0.971 bits per heavy atom. The zero-order chi connectivity index (χ0) is 23.5. The molecule has 8 heteroatoms. The molecule has 0 bridgehead atoms. The number of rotatable bonds is 6. The number of amides is 1. The van der Waals surface area contributed by atoms with Crippen LogP contribution in [0.4, 0.5) is 5.69 Å². The molecule has 0 radical (unpaired) electrons. The minimum Gasteiger partial charge on any atom is -0.355 e. The molecule has 5 rings (SSSR count). The van der Waals surface area contributed by atoms with Crippen molar-refractivity contribution in [3.8, 4) is 16.8 Å². The summed E-state index contributed by atoms with van der Waals surface area (Å²) in [7, 11) is 0. The molecule has 0 aliphatic rings. The Labute approximate surface area is 204 Å². The van der Waals surface area contributed by atoms with Crippen molar-refractivity contribution in [3.63, 3.8) is 0 Å². The molecule has 2 N–H and O–H groups in total. The Kier molecular flexibility index (Phi) is 6.20. The molecule has 5 aromatic rings. The van der Waals surface area contributed by atoms with Gasteiger partial charge in [-0.15, -0.1) is 0 Å². The predicted molar refractivity (Wildman–Crippen MR) is 138 cm³/mol. The second kappa shape index (κ2) is 9.59. The second-order valence-corrected chi connectivity index (χ2v) is 8.89. The summed E-state index contributed by atoms with van der Waals surface area (Å²) in [5.41, 5.74) is 3.81. The Balaban J connectivity index is 1.57. The van der Waals surface area contributed by atoms with E-state index in [1.54, 1.807) is 30.5 Å². The molecule has 34 heavy (non-hydrogen) atoms. The fourth-order valence-corrected chi connectivity index (χ4v) is 4.57. The number of aromatic amines is 1. The quantitative estimate of drug-likeness (QED) is 0.236. The number of carbonyl (C=O) groups excluding carboxylic acids is 1. The lowest BCUT2D eigenvalue weighted by Gasteiger charge is -2.13. The average molecular weight is 487 g/mol. The van der Waals surface area contributed by atoms with Crippen LogP contribution in [0.15, 0.2) is 101 Å². The summed E-state index contributed by atoms with van der Waals surface area (Å²) in [4.78, 5) is 34.1. The number of benzene rings is 3. The Morgan fingerprint density at radius 3 is 2.35 bits per heavy atom. The third-order valence-corrected chi connectivity index (χ3v) is 6.42. The van der Waals surface area contributed by atoms with Gasteiger partial charge in [0.2, 0.25) is 5.91 Å². The molecule has 0 spiro atoms. The molecule has 168 valence electrons. The van der Waals surface area contributed by atoms with Crippen LogP contribution in [-0.4, -0.2) is 26.2 Å². The van der Waals surface area contributed by atoms with E-state index in [1.165, 1.54) is 16.3 Å². The van der Waals surface area contributed by atoms with E-state index in [4.69, 9.17) is 16.6 Å². The van der Waals surface area contributed by atoms with Gasteiger partial charge in [0.1, 0.15) is 11.0 Å². The SMILES string of the molecule is O=C(CSc1nc2c(-c3ccccc3)c[nH]c2c(=O)n1-c1ccc(Cl)cc1)Nc1ccccc1. The molecule has 6 nitrogen and oxygen atoms in total. The number of nitrogens with zero attached hydrogens (tertiary/aromatic N) is 2. The number of para-hydroxylation sites is 1. The molecule has 0 fully saturated rings. The van der Waals surface area contributed by atoms with E-state index in [0.717, 1.165) is 11.1 Å². The minimum atomic E-state index is -0.250. The Bertz CT molecular complexity index is 1510.